The molecule has 1 aliphatic heterocycles. The third-order valence-corrected chi connectivity index (χ3v) is 7.41. The van der Waals surface area contributed by atoms with E-state index in [0.717, 1.165) is 41.5 Å². The number of aryl methyl sites for hydroxylation is 2. The summed E-state index contributed by atoms with van der Waals surface area (Å²) in [5.41, 5.74) is 6.57. The smallest absolute Gasteiger partial charge is 0.259 e. The van der Waals surface area contributed by atoms with Gasteiger partial charge in [0.25, 0.3) is 11.5 Å². The highest BCUT2D eigenvalue weighted by atomic mass is 32.1. The van der Waals surface area contributed by atoms with E-state index in [2.05, 4.69) is 25.1 Å². The van der Waals surface area contributed by atoms with Crippen molar-refractivity contribution >= 4 is 49.7 Å². The summed E-state index contributed by atoms with van der Waals surface area (Å²) in [6, 6.07) is 1.61. The van der Waals surface area contributed by atoms with Gasteiger partial charge in [-0.2, -0.15) is 0 Å². The van der Waals surface area contributed by atoms with Gasteiger partial charge in [-0.1, -0.05) is 0 Å². The van der Waals surface area contributed by atoms with Crippen LogP contribution in [-0.4, -0.2) is 64.3 Å². The lowest BCUT2D eigenvalue weighted by atomic mass is 10.2. The third-order valence-electron chi connectivity index (χ3n) is 5.48. The first-order valence-electron chi connectivity index (χ1n) is 9.92. The zero-order valence-corrected chi connectivity index (χ0v) is 19.0. The molecule has 9 nitrogen and oxygen atoms in total. The molecule has 1 saturated heterocycles. The molecule has 0 radical (unpaired) electrons. The normalized spacial score (nSPS) is 15.4. The van der Waals surface area contributed by atoms with Crippen LogP contribution in [0.2, 0.25) is 0 Å². The molecule has 4 heterocycles. The predicted molar refractivity (Wildman–Crippen MR) is 123 cm³/mol. The maximum Gasteiger partial charge on any atom is 0.259 e. The summed E-state index contributed by atoms with van der Waals surface area (Å²) in [6.07, 6.45) is 0. The van der Waals surface area contributed by atoms with Crippen molar-refractivity contribution in [2.24, 2.45) is 5.73 Å². The molecule has 31 heavy (non-hydrogen) atoms. The van der Waals surface area contributed by atoms with Crippen LogP contribution in [0.3, 0.4) is 0 Å². The van der Waals surface area contributed by atoms with Crippen molar-refractivity contribution in [3.05, 3.63) is 43.6 Å². The van der Waals surface area contributed by atoms with Gasteiger partial charge in [-0.25, -0.2) is 4.98 Å². The summed E-state index contributed by atoms with van der Waals surface area (Å²) in [6.45, 7) is 7.76. The second-order valence-corrected chi connectivity index (χ2v) is 9.72. The zero-order valence-electron chi connectivity index (χ0n) is 17.4. The van der Waals surface area contributed by atoms with Crippen LogP contribution in [0.4, 0.5) is 5.00 Å². The van der Waals surface area contributed by atoms with Gasteiger partial charge >= 0.3 is 0 Å². The maximum absolute atomic E-state index is 12.5. The molecule has 0 unspecified atom stereocenters. The van der Waals surface area contributed by atoms with E-state index in [4.69, 9.17) is 5.73 Å². The number of thiophene rings is 2. The van der Waals surface area contributed by atoms with Crippen molar-refractivity contribution in [1.82, 2.24) is 19.8 Å². The van der Waals surface area contributed by atoms with E-state index >= 15 is 0 Å². The fourth-order valence-corrected chi connectivity index (χ4v) is 5.52. The molecule has 0 aliphatic carbocycles. The lowest BCUT2D eigenvalue weighted by molar-refractivity contribution is -0.117. The second kappa shape index (κ2) is 8.87. The molecule has 1 fully saturated rings. The molecule has 4 N–H and O–H groups in total. The Bertz CT molecular complexity index is 1190. The van der Waals surface area contributed by atoms with Gasteiger partial charge < -0.3 is 16.0 Å². The predicted octanol–water partition coefficient (Wildman–Crippen LogP) is 1.52. The number of nitrogens with one attached hydrogen (secondary N) is 2. The van der Waals surface area contributed by atoms with E-state index in [1.807, 2.05) is 13.8 Å². The van der Waals surface area contributed by atoms with E-state index in [1.165, 1.54) is 11.3 Å². The van der Waals surface area contributed by atoms with Crippen LogP contribution in [0.25, 0.3) is 10.2 Å². The van der Waals surface area contributed by atoms with E-state index in [9.17, 15) is 14.4 Å². The minimum Gasteiger partial charge on any atom is -0.366 e. The minimum absolute atomic E-state index is 0.0823. The Kier molecular flexibility index (Phi) is 6.19. The standard InChI is InChI=1S/C20H24N6O3S2/c1-11-12(2)31-20-16(11)18(29)22-14(23-20)9-25-4-6-26(7-5-25)10-15(27)24-19-13(17(21)28)3-8-30-19/h3,8H,4-7,9-10H2,1-2H3,(H2,21,28)(H,24,27)(H,22,23,29). The highest BCUT2D eigenvalue weighted by molar-refractivity contribution is 7.18. The molecular formula is C20H24N6O3S2. The molecule has 0 aromatic carbocycles. The van der Waals surface area contributed by atoms with Gasteiger partial charge in [0.2, 0.25) is 5.91 Å². The number of nitrogens with two attached hydrogens (primary N) is 1. The Morgan fingerprint density at radius 1 is 1.23 bits per heavy atom. The minimum atomic E-state index is -0.553. The van der Waals surface area contributed by atoms with E-state index < -0.39 is 5.91 Å². The van der Waals surface area contributed by atoms with Crippen LogP contribution in [0, 0.1) is 13.8 Å². The number of fused-ring (bicyclic) bond motifs is 1. The number of hydrogen-bond acceptors (Lipinski definition) is 8. The summed E-state index contributed by atoms with van der Waals surface area (Å²) in [5, 5.41) is 5.67. The van der Waals surface area contributed by atoms with Crippen molar-refractivity contribution in [3.8, 4) is 0 Å². The van der Waals surface area contributed by atoms with Gasteiger partial charge in [0.1, 0.15) is 15.7 Å². The second-order valence-electron chi connectivity index (χ2n) is 7.60. The number of aromatic nitrogens is 2. The van der Waals surface area contributed by atoms with Crippen LogP contribution >= 0.6 is 22.7 Å². The number of anilines is 1. The molecule has 0 atom stereocenters. The molecule has 2 amide bonds. The first-order chi connectivity index (χ1) is 14.8. The Hall–Kier alpha value is -2.60. The van der Waals surface area contributed by atoms with Crippen molar-refractivity contribution in [2.45, 2.75) is 20.4 Å². The summed E-state index contributed by atoms with van der Waals surface area (Å²) in [7, 11) is 0. The lowest BCUT2D eigenvalue weighted by Crippen LogP contribution is -2.48. The number of carbonyl (C=O) groups is 2. The Balaban J connectivity index is 1.31. The number of aromatic amines is 1. The topological polar surface area (TPSA) is 124 Å². The Morgan fingerprint density at radius 2 is 1.94 bits per heavy atom. The average molecular weight is 461 g/mol. The molecule has 3 aromatic rings. The number of piperazine rings is 1. The molecule has 4 rings (SSSR count). The number of nitrogens with zero attached hydrogens (tertiary/aromatic N) is 3. The quantitative estimate of drug-likeness (QED) is 0.512. The van der Waals surface area contributed by atoms with E-state index in [1.54, 1.807) is 22.8 Å². The number of primary amides is 1. The van der Waals surface area contributed by atoms with Crippen molar-refractivity contribution in [1.29, 1.82) is 0 Å². The van der Waals surface area contributed by atoms with Gasteiger partial charge in [0.15, 0.2) is 0 Å². The van der Waals surface area contributed by atoms with Crippen molar-refractivity contribution < 1.29 is 9.59 Å². The number of hydrogen-bond donors (Lipinski definition) is 3. The fourth-order valence-electron chi connectivity index (χ4n) is 3.66. The molecule has 1 aliphatic rings. The number of rotatable bonds is 6. The molecule has 164 valence electrons. The maximum atomic E-state index is 12.5. The molecule has 0 saturated carbocycles. The summed E-state index contributed by atoms with van der Waals surface area (Å²) >= 11 is 2.83. The lowest BCUT2D eigenvalue weighted by Gasteiger charge is -2.33. The third kappa shape index (κ3) is 4.69. The summed E-state index contributed by atoms with van der Waals surface area (Å²) in [4.78, 5) is 50.0. The molecular weight excluding hydrogens is 436 g/mol. The molecule has 0 spiro atoms. The van der Waals surface area contributed by atoms with Gasteiger partial charge in [-0.3, -0.25) is 24.2 Å². The van der Waals surface area contributed by atoms with Crippen molar-refractivity contribution in [3.63, 3.8) is 0 Å². The van der Waals surface area contributed by atoms with Gasteiger partial charge in [0, 0.05) is 31.1 Å². The molecule has 3 aromatic heterocycles. The van der Waals surface area contributed by atoms with Gasteiger partial charge in [-0.05, 0) is 30.9 Å². The fraction of sp³-hybridized carbons (Fsp3) is 0.400. The Morgan fingerprint density at radius 3 is 2.65 bits per heavy atom. The number of H-pyrrole nitrogens is 1. The van der Waals surface area contributed by atoms with Crippen LogP contribution in [-0.2, 0) is 11.3 Å². The first kappa shape index (κ1) is 21.6. The monoisotopic (exact) mass is 460 g/mol. The van der Waals surface area contributed by atoms with Crippen LogP contribution in [0.1, 0.15) is 26.6 Å². The summed E-state index contributed by atoms with van der Waals surface area (Å²) in [5.74, 6) is -0.0530. The van der Waals surface area contributed by atoms with Gasteiger partial charge in [-0.15, -0.1) is 22.7 Å². The SMILES string of the molecule is Cc1sc2nc(CN3CCN(CC(=O)Nc4sccc4C(N)=O)CC3)[nH]c(=O)c2c1C. The van der Waals surface area contributed by atoms with Gasteiger partial charge in [0.05, 0.1) is 24.0 Å². The van der Waals surface area contributed by atoms with Crippen LogP contribution < -0.4 is 16.6 Å². The van der Waals surface area contributed by atoms with Crippen LogP contribution in [0.15, 0.2) is 16.2 Å². The molecule has 11 heteroatoms. The Labute approximate surface area is 186 Å². The van der Waals surface area contributed by atoms with E-state index in [-0.39, 0.29) is 18.0 Å². The van der Waals surface area contributed by atoms with Crippen molar-refractivity contribution in [2.75, 3.05) is 38.0 Å². The summed E-state index contributed by atoms with van der Waals surface area (Å²) < 4.78 is 0. The average Bonchev–Trinajstić information content (AvgIpc) is 3.28. The van der Waals surface area contributed by atoms with E-state index in [0.29, 0.717) is 28.3 Å². The van der Waals surface area contributed by atoms with Crippen LogP contribution in [0.5, 0.6) is 0 Å². The zero-order chi connectivity index (χ0) is 22.1. The number of amides is 2. The number of carbonyl (C=O) groups excluding carboxylic acids is 2. The first-order valence-corrected chi connectivity index (χ1v) is 11.6. The molecule has 0 bridgehead atoms. The highest BCUT2D eigenvalue weighted by Gasteiger charge is 2.21. The highest BCUT2D eigenvalue weighted by Crippen LogP contribution is 2.26. The largest absolute Gasteiger partial charge is 0.366 e.